The maximum absolute atomic E-state index is 10.1. The first-order valence-corrected chi connectivity index (χ1v) is 4.66. The number of nitrogens with two attached hydrogens (primary N) is 1. The van der Waals surface area contributed by atoms with Crippen LogP contribution in [0.25, 0.3) is 0 Å². The second kappa shape index (κ2) is 3.73. The van der Waals surface area contributed by atoms with Crippen LogP contribution >= 0.6 is 0 Å². The molecule has 0 aromatic rings. The quantitative estimate of drug-likeness (QED) is 0.654. The van der Waals surface area contributed by atoms with E-state index >= 15 is 0 Å². The second-order valence-corrected chi connectivity index (χ2v) is 3.77. The van der Waals surface area contributed by atoms with Gasteiger partial charge in [-0.3, -0.25) is 0 Å². The van der Waals surface area contributed by atoms with Gasteiger partial charge in [-0.05, 0) is 19.9 Å². The van der Waals surface area contributed by atoms with E-state index in [0.29, 0.717) is 13.2 Å². The monoisotopic (exact) mass is 173 g/mol. The van der Waals surface area contributed by atoms with E-state index in [0.717, 1.165) is 12.8 Å². The molecule has 1 aliphatic rings. The van der Waals surface area contributed by atoms with Gasteiger partial charge in [0, 0.05) is 12.3 Å². The van der Waals surface area contributed by atoms with Crippen LogP contribution in [-0.2, 0) is 4.74 Å². The van der Waals surface area contributed by atoms with Gasteiger partial charge in [0.25, 0.3) is 0 Å². The van der Waals surface area contributed by atoms with Crippen molar-refractivity contribution in [3.05, 3.63) is 0 Å². The molecule has 0 radical (unpaired) electrons. The van der Waals surface area contributed by atoms with Crippen molar-refractivity contribution in [3.8, 4) is 0 Å². The van der Waals surface area contributed by atoms with E-state index in [1.807, 2.05) is 6.92 Å². The Balaban J connectivity index is 2.58. The van der Waals surface area contributed by atoms with Gasteiger partial charge in [-0.2, -0.15) is 0 Å². The van der Waals surface area contributed by atoms with Crippen LogP contribution in [0.15, 0.2) is 0 Å². The predicted octanol–water partition coefficient (Wildman–Crippen LogP) is 0.511. The molecule has 0 bridgehead atoms. The van der Waals surface area contributed by atoms with Gasteiger partial charge in [-0.1, -0.05) is 6.92 Å². The van der Waals surface area contributed by atoms with Crippen LogP contribution in [0.3, 0.4) is 0 Å². The highest BCUT2D eigenvalue weighted by molar-refractivity contribution is 4.92. The third-order valence-corrected chi connectivity index (χ3v) is 2.80. The fourth-order valence-corrected chi connectivity index (χ4v) is 1.95. The van der Waals surface area contributed by atoms with Crippen molar-refractivity contribution >= 4 is 0 Å². The topological polar surface area (TPSA) is 55.5 Å². The number of rotatable bonds is 3. The van der Waals surface area contributed by atoms with Gasteiger partial charge in [-0.25, -0.2) is 0 Å². The van der Waals surface area contributed by atoms with E-state index < -0.39 is 5.60 Å². The zero-order valence-electron chi connectivity index (χ0n) is 7.92. The number of hydrogen-bond acceptors (Lipinski definition) is 3. The molecule has 3 N–H and O–H groups in total. The smallest absolute Gasteiger partial charge is 0.0944 e. The predicted molar refractivity (Wildman–Crippen MR) is 47.8 cm³/mol. The van der Waals surface area contributed by atoms with E-state index in [1.54, 1.807) is 0 Å². The number of aliphatic hydroxyl groups is 1. The average Bonchev–Trinajstić information content (AvgIpc) is 2.34. The van der Waals surface area contributed by atoms with Crippen LogP contribution in [0.2, 0.25) is 0 Å². The maximum Gasteiger partial charge on any atom is 0.0944 e. The molecule has 1 heterocycles. The second-order valence-electron chi connectivity index (χ2n) is 3.77. The zero-order chi connectivity index (χ0) is 9.19. The third-order valence-electron chi connectivity index (χ3n) is 2.80. The van der Waals surface area contributed by atoms with Crippen molar-refractivity contribution in [1.29, 1.82) is 0 Å². The highest BCUT2D eigenvalue weighted by atomic mass is 16.5. The molecule has 3 atom stereocenters. The van der Waals surface area contributed by atoms with E-state index in [2.05, 4.69) is 6.92 Å². The summed E-state index contributed by atoms with van der Waals surface area (Å²) in [7, 11) is 0. The van der Waals surface area contributed by atoms with Crippen LogP contribution < -0.4 is 5.73 Å². The maximum atomic E-state index is 10.1. The molecule has 0 spiro atoms. The fraction of sp³-hybridized carbons (Fsp3) is 1.00. The fourth-order valence-electron chi connectivity index (χ4n) is 1.95. The van der Waals surface area contributed by atoms with Crippen LogP contribution in [0.1, 0.15) is 26.7 Å². The minimum Gasteiger partial charge on any atom is -0.387 e. The number of hydrogen-bond donors (Lipinski definition) is 2. The zero-order valence-corrected chi connectivity index (χ0v) is 7.92. The average molecular weight is 173 g/mol. The first-order valence-electron chi connectivity index (χ1n) is 4.66. The Hall–Kier alpha value is -0.120. The lowest BCUT2D eigenvalue weighted by atomic mass is 9.84. The van der Waals surface area contributed by atoms with Crippen LogP contribution in [-0.4, -0.2) is 30.0 Å². The van der Waals surface area contributed by atoms with Crippen LogP contribution in [0, 0.1) is 5.92 Å². The molecule has 0 saturated carbocycles. The van der Waals surface area contributed by atoms with Crippen molar-refractivity contribution in [2.75, 3.05) is 13.2 Å². The molecule has 1 saturated heterocycles. The highest BCUT2D eigenvalue weighted by Crippen LogP contribution is 2.32. The summed E-state index contributed by atoms with van der Waals surface area (Å²) >= 11 is 0. The molecular weight excluding hydrogens is 154 g/mol. The van der Waals surface area contributed by atoms with Crippen molar-refractivity contribution in [2.24, 2.45) is 11.7 Å². The Morgan fingerprint density at radius 3 is 2.75 bits per heavy atom. The molecule has 3 heteroatoms. The molecule has 0 amide bonds. The molecule has 12 heavy (non-hydrogen) atoms. The van der Waals surface area contributed by atoms with Gasteiger partial charge in [-0.15, -0.1) is 0 Å². The minimum absolute atomic E-state index is 0.176. The van der Waals surface area contributed by atoms with Crippen LogP contribution in [0.5, 0.6) is 0 Å². The van der Waals surface area contributed by atoms with E-state index in [-0.39, 0.29) is 12.0 Å². The Kier molecular flexibility index (Phi) is 3.09. The van der Waals surface area contributed by atoms with Gasteiger partial charge in [0.15, 0.2) is 0 Å². The molecule has 1 rings (SSSR count). The summed E-state index contributed by atoms with van der Waals surface area (Å²) in [6, 6.07) is 0. The standard InChI is InChI=1S/C9H19NO2/c1-3-8(5-10)9(11)4-7(2)12-6-9/h7-8,11H,3-6,10H2,1-2H3. The molecule has 3 nitrogen and oxygen atoms in total. The first kappa shape index (κ1) is 9.96. The lowest BCUT2D eigenvalue weighted by Crippen LogP contribution is -2.42. The van der Waals surface area contributed by atoms with Crippen molar-refractivity contribution in [3.63, 3.8) is 0 Å². The van der Waals surface area contributed by atoms with Crippen molar-refractivity contribution in [1.82, 2.24) is 0 Å². The minimum atomic E-state index is -0.664. The van der Waals surface area contributed by atoms with E-state index in [1.165, 1.54) is 0 Å². The molecule has 0 aromatic heterocycles. The van der Waals surface area contributed by atoms with Crippen molar-refractivity contribution in [2.45, 2.75) is 38.4 Å². The lowest BCUT2D eigenvalue weighted by molar-refractivity contribution is -0.0245. The first-order chi connectivity index (χ1) is 5.62. The highest BCUT2D eigenvalue weighted by Gasteiger charge is 2.41. The van der Waals surface area contributed by atoms with Gasteiger partial charge in [0.05, 0.1) is 18.3 Å². The molecule has 72 valence electrons. The summed E-state index contributed by atoms with van der Waals surface area (Å²) in [5.41, 5.74) is 4.91. The summed E-state index contributed by atoms with van der Waals surface area (Å²) in [6.07, 6.45) is 1.82. The molecule has 0 aromatic carbocycles. The van der Waals surface area contributed by atoms with E-state index in [4.69, 9.17) is 10.5 Å². The molecule has 3 unspecified atom stereocenters. The summed E-state index contributed by atoms with van der Waals surface area (Å²) in [5, 5.41) is 10.1. The van der Waals surface area contributed by atoms with E-state index in [9.17, 15) is 5.11 Å². The van der Waals surface area contributed by atoms with Gasteiger partial charge >= 0.3 is 0 Å². The largest absolute Gasteiger partial charge is 0.387 e. The van der Waals surface area contributed by atoms with Gasteiger partial charge in [0.1, 0.15) is 0 Å². The Morgan fingerprint density at radius 1 is 1.75 bits per heavy atom. The Morgan fingerprint density at radius 2 is 2.42 bits per heavy atom. The molecular formula is C9H19NO2. The van der Waals surface area contributed by atoms with Gasteiger partial charge < -0.3 is 15.6 Å². The summed E-state index contributed by atoms with van der Waals surface area (Å²) in [4.78, 5) is 0. The number of ether oxygens (including phenoxy) is 1. The molecule has 0 aliphatic carbocycles. The third kappa shape index (κ3) is 1.79. The van der Waals surface area contributed by atoms with Crippen LogP contribution in [0.4, 0.5) is 0 Å². The lowest BCUT2D eigenvalue weighted by Gasteiger charge is -2.29. The molecule has 1 aliphatic heterocycles. The van der Waals surface area contributed by atoms with Crippen molar-refractivity contribution < 1.29 is 9.84 Å². The summed E-state index contributed by atoms with van der Waals surface area (Å²) in [5.74, 6) is 0.183. The summed E-state index contributed by atoms with van der Waals surface area (Å²) < 4.78 is 5.35. The normalized spacial score (nSPS) is 38.5. The Bertz CT molecular complexity index is 147. The molecule has 1 fully saturated rings. The Labute approximate surface area is 73.9 Å². The van der Waals surface area contributed by atoms with Gasteiger partial charge in [0.2, 0.25) is 0 Å². The SMILES string of the molecule is CCC(CN)C1(O)COC(C)C1. The summed E-state index contributed by atoms with van der Waals surface area (Å²) in [6.45, 7) is 5.03.